The zero-order valence-corrected chi connectivity index (χ0v) is 14.6. The summed E-state index contributed by atoms with van der Waals surface area (Å²) in [4.78, 5) is 29.4. The molecule has 0 bridgehead atoms. The molecular weight excluding hydrogens is 322 g/mol. The van der Waals surface area contributed by atoms with Crippen LogP contribution in [-0.2, 0) is 0 Å². The van der Waals surface area contributed by atoms with Gasteiger partial charge in [0, 0.05) is 48.7 Å². The van der Waals surface area contributed by atoms with Crippen LogP contribution in [0.4, 0.5) is 0 Å². The fraction of sp³-hybridized carbons (Fsp3) is 0.412. The molecule has 1 aliphatic heterocycles. The number of imidazole rings is 1. The van der Waals surface area contributed by atoms with E-state index in [2.05, 4.69) is 16.9 Å². The number of hydrogen-bond donors (Lipinski definition) is 0. The fourth-order valence-corrected chi connectivity index (χ4v) is 4.24. The van der Waals surface area contributed by atoms with Crippen molar-refractivity contribution >= 4 is 22.9 Å². The lowest BCUT2D eigenvalue weighted by molar-refractivity contribution is 0.0702. The van der Waals surface area contributed by atoms with E-state index in [9.17, 15) is 4.79 Å². The van der Waals surface area contributed by atoms with E-state index in [1.165, 1.54) is 4.88 Å². The minimum Gasteiger partial charge on any atom is -0.336 e. The normalized spacial score (nSPS) is 18.2. The molecule has 0 spiro atoms. The third kappa shape index (κ3) is 2.58. The highest BCUT2D eigenvalue weighted by Crippen LogP contribution is 2.31. The summed E-state index contributed by atoms with van der Waals surface area (Å²) < 4.78 is 1.83. The number of rotatable bonds is 2. The maximum absolute atomic E-state index is 13.0. The first kappa shape index (κ1) is 15.3. The lowest BCUT2D eigenvalue weighted by Crippen LogP contribution is -2.39. The fourth-order valence-electron chi connectivity index (χ4n) is 3.19. The minimum absolute atomic E-state index is 0.0403. The number of likely N-dealkylation sites (tertiary alicyclic amines) is 1. The first-order valence-electron chi connectivity index (χ1n) is 8.14. The van der Waals surface area contributed by atoms with Gasteiger partial charge in [-0.15, -0.1) is 11.3 Å². The van der Waals surface area contributed by atoms with Crippen molar-refractivity contribution in [3.05, 3.63) is 46.1 Å². The molecule has 0 unspecified atom stereocenters. The molecule has 1 amide bonds. The van der Waals surface area contributed by atoms with Crippen LogP contribution in [0.1, 0.15) is 44.8 Å². The van der Waals surface area contributed by atoms with Gasteiger partial charge in [0.25, 0.3) is 5.91 Å². The SMILES string of the molecule is Cc1nc([C@@H]2CCCN(C(=O)c3nccn4ccnc34)C2)sc1C. The number of amides is 1. The Morgan fingerprint density at radius 1 is 1.25 bits per heavy atom. The van der Waals surface area contributed by atoms with Crippen molar-refractivity contribution in [2.45, 2.75) is 32.6 Å². The number of carbonyl (C=O) groups excluding carboxylic acids is 1. The second-order valence-electron chi connectivity index (χ2n) is 6.22. The lowest BCUT2D eigenvalue weighted by Gasteiger charge is -2.31. The third-order valence-electron chi connectivity index (χ3n) is 4.62. The quantitative estimate of drug-likeness (QED) is 0.719. The number of carbonyl (C=O) groups is 1. The van der Waals surface area contributed by atoms with Crippen molar-refractivity contribution in [1.29, 1.82) is 0 Å². The number of fused-ring (bicyclic) bond motifs is 1. The van der Waals surface area contributed by atoms with Gasteiger partial charge in [0.1, 0.15) is 0 Å². The van der Waals surface area contributed by atoms with E-state index in [0.717, 1.165) is 30.1 Å². The van der Waals surface area contributed by atoms with Gasteiger partial charge in [-0.3, -0.25) is 4.79 Å². The molecule has 4 heterocycles. The molecule has 7 heteroatoms. The van der Waals surface area contributed by atoms with E-state index in [4.69, 9.17) is 4.98 Å². The monoisotopic (exact) mass is 341 g/mol. The van der Waals surface area contributed by atoms with Gasteiger partial charge in [0.15, 0.2) is 11.3 Å². The Hall–Kier alpha value is -2.28. The molecule has 124 valence electrons. The van der Waals surface area contributed by atoms with Crippen molar-refractivity contribution in [3.8, 4) is 0 Å². The maximum Gasteiger partial charge on any atom is 0.276 e. The Labute approximate surface area is 144 Å². The van der Waals surface area contributed by atoms with Crippen molar-refractivity contribution in [2.24, 2.45) is 0 Å². The summed E-state index contributed by atoms with van der Waals surface area (Å²) in [6.45, 7) is 5.62. The third-order valence-corrected chi connectivity index (χ3v) is 5.85. The second-order valence-corrected chi connectivity index (χ2v) is 7.45. The molecule has 1 aliphatic rings. The van der Waals surface area contributed by atoms with Crippen molar-refractivity contribution < 1.29 is 4.79 Å². The number of nitrogens with zero attached hydrogens (tertiary/aromatic N) is 5. The number of piperidine rings is 1. The molecule has 3 aromatic rings. The largest absolute Gasteiger partial charge is 0.336 e. The second kappa shape index (κ2) is 5.98. The molecule has 3 aromatic heterocycles. The molecule has 24 heavy (non-hydrogen) atoms. The summed E-state index contributed by atoms with van der Waals surface area (Å²) in [5.74, 6) is 0.279. The molecular formula is C17H19N5OS. The highest BCUT2D eigenvalue weighted by atomic mass is 32.1. The van der Waals surface area contributed by atoms with Crippen LogP contribution in [0.2, 0.25) is 0 Å². The summed E-state index contributed by atoms with van der Waals surface area (Å²) in [6, 6.07) is 0. The predicted molar refractivity (Wildman–Crippen MR) is 92.5 cm³/mol. The summed E-state index contributed by atoms with van der Waals surface area (Å²) in [5.41, 5.74) is 2.14. The van der Waals surface area contributed by atoms with Gasteiger partial charge in [-0.2, -0.15) is 0 Å². The van der Waals surface area contributed by atoms with Crippen molar-refractivity contribution in [3.63, 3.8) is 0 Å². The molecule has 1 fully saturated rings. The van der Waals surface area contributed by atoms with Gasteiger partial charge in [0.2, 0.25) is 0 Å². The van der Waals surface area contributed by atoms with Gasteiger partial charge in [-0.05, 0) is 26.7 Å². The van der Waals surface area contributed by atoms with Gasteiger partial charge in [-0.1, -0.05) is 0 Å². The number of hydrogen-bond acceptors (Lipinski definition) is 5. The molecule has 0 N–H and O–H groups in total. The average Bonchev–Trinajstić information content (AvgIpc) is 3.21. The van der Waals surface area contributed by atoms with E-state index >= 15 is 0 Å². The van der Waals surface area contributed by atoms with Crippen LogP contribution in [-0.4, -0.2) is 43.2 Å². The molecule has 4 rings (SSSR count). The highest BCUT2D eigenvalue weighted by molar-refractivity contribution is 7.11. The van der Waals surface area contributed by atoms with E-state index in [0.29, 0.717) is 23.8 Å². The molecule has 1 saturated heterocycles. The smallest absolute Gasteiger partial charge is 0.276 e. The zero-order valence-electron chi connectivity index (χ0n) is 13.8. The zero-order chi connectivity index (χ0) is 16.7. The molecule has 0 saturated carbocycles. The van der Waals surface area contributed by atoms with E-state index < -0.39 is 0 Å². The van der Waals surface area contributed by atoms with Crippen molar-refractivity contribution in [1.82, 2.24) is 24.3 Å². The van der Waals surface area contributed by atoms with Crippen LogP contribution < -0.4 is 0 Å². The number of aryl methyl sites for hydroxylation is 2. The molecule has 6 nitrogen and oxygen atoms in total. The molecule has 0 aromatic carbocycles. The Kier molecular flexibility index (Phi) is 3.80. The molecule has 1 atom stereocenters. The summed E-state index contributed by atoms with van der Waals surface area (Å²) in [5, 5.41) is 1.15. The number of thiazole rings is 1. The standard InChI is InChI=1S/C17H19N5OS/c1-11-12(2)24-16(20-11)13-4-3-7-22(10-13)17(23)14-15-19-6-9-21(15)8-5-18-14/h5-6,8-9,13H,3-4,7,10H2,1-2H3/t13-/m1/s1. The molecule has 0 radical (unpaired) electrons. The lowest BCUT2D eigenvalue weighted by atomic mass is 9.98. The van der Waals surface area contributed by atoms with E-state index in [-0.39, 0.29) is 5.91 Å². The van der Waals surface area contributed by atoms with Crippen molar-refractivity contribution in [2.75, 3.05) is 13.1 Å². The minimum atomic E-state index is -0.0403. The van der Waals surface area contributed by atoms with Crippen LogP contribution in [0.15, 0.2) is 24.8 Å². The first-order valence-corrected chi connectivity index (χ1v) is 8.96. The Morgan fingerprint density at radius 3 is 2.79 bits per heavy atom. The van der Waals surface area contributed by atoms with Crippen LogP contribution in [0.25, 0.3) is 5.65 Å². The summed E-state index contributed by atoms with van der Waals surface area (Å²) >= 11 is 1.75. The highest BCUT2D eigenvalue weighted by Gasteiger charge is 2.29. The topological polar surface area (TPSA) is 63.4 Å². The van der Waals surface area contributed by atoms with Gasteiger partial charge >= 0.3 is 0 Å². The first-order chi connectivity index (χ1) is 11.6. The Bertz CT molecular complexity index is 880. The summed E-state index contributed by atoms with van der Waals surface area (Å²) in [6.07, 6.45) is 9.04. The van der Waals surface area contributed by atoms with Crippen LogP contribution in [0, 0.1) is 13.8 Å². The predicted octanol–water partition coefficient (Wildman–Crippen LogP) is 2.82. The van der Waals surface area contributed by atoms with Crippen LogP contribution in [0.5, 0.6) is 0 Å². The van der Waals surface area contributed by atoms with Gasteiger partial charge < -0.3 is 9.30 Å². The average molecular weight is 341 g/mol. The van der Waals surface area contributed by atoms with E-state index in [1.807, 2.05) is 22.4 Å². The number of aromatic nitrogens is 4. The molecule has 0 aliphatic carbocycles. The Morgan fingerprint density at radius 2 is 2.04 bits per heavy atom. The van der Waals surface area contributed by atoms with Crippen LogP contribution in [0.3, 0.4) is 0 Å². The van der Waals surface area contributed by atoms with Gasteiger partial charge in [0.05, 0.1) is 10.7 Å². The maximum atomic E-state index is 13.0. The Balaban J connectivity index is 1.59. The van der Waals surface area contributed by atoms with Gasteiger partial charge in [-0.25, -0.2) is 15.0 Å². The van der Waals surface area contributed by atoms with Crippen LogP contribution >= 0.6 is 11.3 Å². The summed E-state index contributed by atoms with van der Waals surface area (Å²) in [7, 11) is 0. The van der Waals surface area contributed by atoms with E-state index in [1.54, 1.807) is 29.9 Å².